The number of ether oxygens (including phenoxy) is 1. The first-order chi connectivity index (χ1) is 9.50. The predicted molar refractivity (Wildman–Crippen MR) is 78.4 cm³/mol. The molecule has 5 heteroatoms. The van der Waals surface area contributed by atoms with Crippen LogP contribution in [-0.2, 0) is 6.61 Å². The maximum atomic E-state index is 11.0. The van der Waals surface area contributed by atoms with Gasteiger partial charge in [0.25, 0.3) is 5.69 Å². The van der Waals surface area contributed by atoms with E-state index in [2.05, 4.69) is 0 Å². The predicted octanol–water partition coefficient (Wildman–Crippen LogP) is 4.44. The van der Waals surface area contributed by atoms with Gasteiger partial charge in [0.05, 0.1) is 15.5 Å². The van der Waals surface area contributed by atoms with Gasteiger partial charge in [0.15, 0.2) is 0 Å². The van der Waals surface area contributed by atoms with Crippen molar-refractivity contribution < 1.29 is 9.66 Å². The van der Waals surface area contributed by atoms with Crippen molar-refractivity contribution in [2.75, 3.05) is 0 Å². The quantitative estimate of drug-likeness (QED) is 0.618. The lowest BCUT2D eigenvalue weighted by atomic mass is 10.1. The molecule has 0 aromatic heterocycles. The fourth-order valence-electron chi connectivity index (χ4n) is 2.03. The van der Waals surface area contributed by atoms with E-state index in [1.807, 2.05) is 32.0 Å². The highest BCUT2D eigenvalue weighted by molar-refractivity contribution is 6.31. The molecule has 0 spiro atoms. The molecule has 2 aromatic rings. The van der Waals surface area contributed by atoms with Crippen LogP contribution in [0.1, 0.15) is 16.7 Å². The van der Waals surface area contributed by atoms with E-state index in [4.69, 9.17) is 16.3 Å². The second-order valence-electron chi connectivity index (χ2n) is 4.50. The molecule has 2 rings (SSSR count). The highest BCUT2D eigenvalue weighted by Gasteiger charge is 2.17. The third-order valence-corrected chi connectivity index (χ3v) is 3.41. The number of hydrogen-bond donors (Lipinski definition) is 0. The third-order valence-electron chi connectivity index (χ3n) is 3.06. The second kappa shape index (κ2) is 5.92. The maximum Gasteiger partial charge on any atom is 0.277 e. The van der Waals surface area contributed by atoms with Crippen molar-refractivity contribution >= 4 is 17.3 Å². The van der Waals surface area contributed by atoms with E-state index in [1.165, 1.54) is 6.07 Å². The van der Waals surface area contributed by atoms with Gasteiger partial charge in [-0.15, -0.1) is 0 Å². The molecular formula is C15H14ClNO3. The van der Waals surface area contributed by atoms with Gasteiger partial charge in [-0.05, 0) is 31.0 Å². The molecule has 0 fully saturated rings. The average molecular weight is 292 g/mol. The van der Waals surface area contributed by atoms with Crippen LogP contribution < -0.4 is 4.74 Å². The number of rotatable bonds is 4. The number of benzene rings is 2. The molecule has 0 saturated heterocycles. The minimum Gasteiger partial charge on any atom is -0.488 e. The molecule has 0 atom stereocenters. The van der Waals surface area contributed by atoms with E-state index in [0.29, 0.717) is 10.6 Å². The molecule has 20 heavy (non-hydrogen) atoms. The number of nitrogens with zero attached hydrogens (tertiary/aromatic N) is 1. The molecule has 0 aliphatic rings. The van der Waals surface area contributed by atoms with Gasteiger partial charge >= 0.3 is 0 Å². The van der Waals surface area contributed by atoms with Crippen molar-refractivity contribution in [2.24, 2.45) is 0 Å². The normalized spacial score (nSPS) is 10.3. The fraction of sp³-hybridized carbons (Fsp3) is 0.200. The Kier molecular flexibility index (Phi) is 4.25. The molecule has 0 amide bonds. The maximum absolute atomic E-state index is 11.0. The van der Waals surface area contributed by atoms with E-state index in [1.54, 1.807) is 12.1 Å². The van der Waals surface area contributed by atoms with Crippen LogP contribution in [0.2, 0.25) is 5.02 Å². The molecule has 0 aliphatic heterocycles. The molecule has 2 aromatic carbocycles. The molecule has 0 heterocycles. The largest absolute Gasteiger partial charge is 0.488 e. The van der Waals surface area contributed by atoms with Crippen molar-refractivity contribution in [3.05, 3.63) is 68.2 Å². The Morgan fingerprint density at radius 2 is 1.75 bits per heavy atom. The Labute approximate surface area is 122 Å². The van der Waals surface area contributed by atoms with Crippen molar-refractivity contribution in [3.63, 3.8) is 0 Å². The summed E-state index contributed by atoms with van der Waals surface area (Å²) in [5, 5.41) is 11.3. The Hall–Kier alpha value is -2.07. The Balaban J connectivity index is 2.30. The second-order valence-corrected chi connectivity index (χ2v) is 4.91. The summed E-state index contributed by atoms with van der Waals surface area (Å²) in [4.78, 5) is 10.6. The molecule has 0 aliphatic carbocycles. The lowest BCUT2D eigenvalue weighted by molar-refractivity contribution is -0.385. The minimum absolute atomic E-state index is 0.0243. The van der Waals surface area contributed by atoms with Gasteiger partial charge in [-0.1, -0.05) is 35.9 Å². The van der Waals surface area contributed by atoms with Gasteiger partial charge in [-0.25, -0.2) is 0 Å². The van der Waals surface area contributed by atoms with Crippen molar-refractivity contribution in [2.45, 2.75) is 20.5 Å². The lowest BCUT2D eigenvalue weighted by Crippen LogP contribution is -2.03. The zero-order valence-corrected chi connectivity index (χ0v) is 12.0. The van der Waals surface area contributed by atoms with Crippen molar-refractivity contribution in [1.29, 1.82) is 0 Å². The summed E-state index contributed by atoms with van der Waals surface area (Å²) in [5.41, 5.74) is 2.34. The van der Waals surface area contributed by atoms with E-state index in [0.717, 1.165) is 16.9 Å². The van der Waals surface area contributed by atoms with Gasteiger partial charge < -0.3 is 4.74 Å². The van der Waals surface area contributed by atoms with Gasteiger partial charge in [0.1, 0.15) is 12.4 Å². The molecule has 104 valence electrons. The highest BCUT2D eigenvalue weighted by Crippen LogP contribution is 2.29. The summed E-state index contributed by atoms with van der Waals surface area (Å²) in [6.45, 7) is 3.94. The van der Waals surface area contributed by atoms with Crippen LogP contribution in [0.5, 0.6) is 5.75 Å². The Bertz CT molecular complexity index is 635. The molecular weight excluding hydrogens is 278 g/mol. The zero-order valence-electron chi connectivity index (χ0n) is 11.2. The summed E-state index contributed by atoms with van der Waals surface area (Å²) in [6.07, 6.45) is 0. The van der Waals surface area contributed by atoms with Crippen LogP contribution >= 0.6 is 11.6 Å². The first kappa shape index (κ1) is 14.3. The van der Waals surface area contributed by atoms with Gasteiger partial charge in [0.2, 0.25) is 0 Å². The summed E-state index contributed by atoms with van der Waals surface area (Å²) in [6, 6.07) is 10.4. The molecule has 0 bridgehead atoms. The van der Waals surface area contributed by atoms with Crippen LogP contribution in [-0.4, -0.2) is 4.92 Å². The van der Waals surface area contributed by atoms with Gasteiger partial charge in [-0.2, -0.15) is 0 Å². The first-order valence-corrected chi connectivity index (χ1v) is 6.49. The van der Waals surface area contributed by atoms with Crippen LogP contribution in [0, 0.1) is 24.0 Å². The summed E-state index contributed by atoms with van der Waals surface area (Å²) >= 11 is 6.03. The number of hydrogen-bond acceptors (Lipinski definition) is 3. The van der Waals surface area contributed by atoms with E-state index < -0.39 is 4.92 Å². The first-order valence-electron chi connectivity index (χ1n) is 6.11. The van der Waals surface area contributed by atoms with Crippen LogP contribution in [0.25, 0.3) is 0 Å². The van der Waals surface area contributed by atoms with Gasteiger partial charge in [-0.3, -0.25) is 10.1 Å². The van der Waals surface area contributed by atoms with Crippen LogP contribution in [0.4, 0.5) is 5.69 Å². The Morgan fingerprint density at radius 3 is 2.35 bits per heavy atom. The number of nitro groups is 1. The van der Waals surface area contributed by atoms with Gasteiger partial charge in [0, 0.05) is 6.07 Å². The summed E-state index contributed by atoms with van der Waals surface area (Å²) in [5.74, 6) is 0.738. The third kappa shape index (κ3) is 2.91. The molecule has 0 saturated carbocycles. The van der Waals surface area contributed by atoms with Crippen LogP contribution in [0.15, 0.2) is 36.4 Å². The van der Waals surface area contributed by atoms with Crippen LogP contribution in [0.3, 0.4) is 0 Å². The molecule has 0 N–H and O–H groups in total. The van der Waals surface area contributed by atoms with E-state index >= 15 is 0 Å². The summed E-state index contributed by atoms with van der Waals surface area (Å²) in [7, 11) is 0. The highest BCUT2D eigenvalue weighted by atomic mass is 35.5. The van der Waals surface area contributed by atoms with E-state index in [9.17, 15) is 10.1 Å². The lowest BCUT2D eigenvalue weighted by Gasteiger charge is -2.12. The van der Waals surface area contributed by atoms with Crippen molar-refractivity contribution in [1.82, 2.24) is 0 Å². The smallest absolute Gasteiger partial charge is 0.277 e. The minimum atomic E-state index is -0.449. The number of aryl methyl sites for hydroxylation is 2. The SMILES string of the molecule is Cc1cccc(C)c1OCc1c(Cl)cccc1[N+](=O)[O-]. The zero-order chi connectivity index (χ0) is 14.7. The summed E-state index contributed by atoms with van der Waals surface area (Å²) < 4.78 is 5.74. The monoisotopic (exact) mass is 291 g/mol. The number of nitro benzene ring substituents is 1. The number of halogens is 1. The van der Waals surface area contributed by atoms with E-state index in [-0.39, 0.29) is 12.3 Å². The molecule has 0 radical (unpaired) electrons. The number of para-hydroxylation sites is 1. The molecule has 4 nitrogen and oxygen atoms in total. The molecule has 0 unspecified atom stereocenters. The van der Waals surface area contributed by atoms with Crippen molar-refractivity contribution in [3.8, 4) is 5.75 Å². The standard InChI is InChI=1S/C15H14ClNO3/c1-10-5-3-6-11(2)15(10)20-9-12-13(16)7-4-8-14(12)17(18)19/h3-8H,9H2,1-2H3. The fourth-order valence-corrected chi connectivity index (χ4v) is 2.26. The topological polar surface area (TPSA) is 52.4 Å². The Morgan fingerprint density at radius 1 is 1.15 bits per heavy atom. The average Bonchev–Trinajstić information content (AvgIpc) is 2.39.